The third kappa shape index (κ3) is 2.77. The molecular formula is C9H6Cl2N2O2S2. The van der Waals surface area contributed by atoms with Gasteiger partial charge < -0.3 is 0 Å². The summed E-state index contributed by atoms with van der Waals surface area (Å²) in [4.78, 5) is 3.93. The minimum Gasteiger partial charge on any atom is -0.221 e. The van der Waals surface area contributed by atoms with E-state index in [-0.39, 0.29) is 10.2 Å². The van der Waals surface area contributed by atoms with Crippen LogP contribution in [0.3, 0.4) is 0 Å². The Kier molecular flexibility index (Phi) is 3.40. The predicted molar refractivity (Wildman–Crippen MR) is 68.5 cm³/mol. The fourth-order valence-corrected chi connectivity index (χ4v) is 2.97. The van der Waals surface area contributed by atoms with Gasteiger partial charge in [-0.15, -0.1) is 0 Å². The molecule has 1 aromatic heterocycles. The Morgan fingerprint density at radius 3 is 2.53 bits per heavy atom. The lowest BCUT2D eigenvalue weighted by Gasteiger charge is -1.99. The number of aromatic nitrogens is 2. The van der Waals surface area contributed by atoms with Crippen LogP contribution in [-0.2, 0) is 9.84 Å². The summed E-state index contributed by atoms with van der Waals surface area (Å²) in [7, 11) is -3.34. The Hall–Kier alpha value is -0.690. The van der Waals surface area contributed by atoms with Crippen LogP contribution in [0.2, 0.25) is 10.0 Å². The summed E-state index contributed by atoms with van der Waals surface area (Å²) in [6.07, 6.45) is 1.08. The molecule has 0 bridgehead atoms. The van der Waals surface area contributed by atoms with Crippen molar-refractivity contribution in [1.82, 2.24) is 9.36 Å². The van der Waals surface area contributed by atoms with Crippen LogP contribution >= 0.6 is 34.7 Å². The van der Waals surface area contributed by atoms with Crippen molar-refractivity contribution in [3.63, 3.8) is 0 Å². The second-order valence-corrected chi connectivity index (χ2v) is 7.07. The van der Waals surface area contributed by atoms with Crippen LogP contribution in [0.25, 0.3) is 11.4 Å². The first-order valence-electron chi connectivity index (χ1n) is 4.37. The standard InChI is InChI=1S/C9H6Cl2N2O2S2/c1-17(14,15)9-12-8(13-16-9)6-3-2-5(10)4-7(6)11/h2-4H,1H3. The average Bonchev–Trinajstić information content (AvgIpc) is 2.65. The van der Waals surface area contributed by atoms with Crippen molar-refractivity contribution in [2.24, 2.45) is 0 Å². The first-order valence-corrected chi connectivity index (χ1v) is 7.79. The van der Waals surface area contributed by atoms with Gasteiger partial charge in [-0.25, -0.2) is 13.4 Å². The van der Waals surface area contributed by atoms with Gasteiger partial charge in [-0.1, -0.05) is 23.2 Å². The Morgan fingerprint density at radius 1 is 1.29 bits per heavy atom. The fraction of sp³-hybridized carbons (Fsp3) is 0.111. The number of hydrogen-bond donors (Lipinski definition) is 0. The molecule has 0 aliphatic heterocycles. The maximum Gasteiger partial charge on any atom is 0.228 e. The van der Waals surface area contributed by atoms with Gasteiger partial charge in [-0.2, -0.15) is 4.37 Å². The summed E-state index contributed by atoms with van der Waals surface area (Å²) in [6.45, 7) is 0. The molecule has 4 nitrogen and oxygen atoms in total. The molecule has 1 heterocycles. The maximum absolute atomic E-state index is 11.3. The predicted octanol–water partition coefficient (Wildman–Crippen LogP) is 2.92. The minimum absolute atomic E-state index is 0.0292. The van der Waals surface area contributed by atoms with Crippen LogP contribution in [0.5, 0.6) is 0 Å². The Labute approximate surface area is 112 Å². The van der Waals surface area contributed by atoms with Crippen molar-refractivity contribution in [2.75, 3.05) is 6.26 Å². The smallest absolute Gasteiger partial charge is 0.221 e. The topological polar surface area (TPSA) is 59.9 Å². The number of benzene rings is 1. The molecule has 0 saturated carbocycles. The largest absolute Gasteiger partial charge is 0.228 e. The molecule has 0 aliphatic carbocycles. The van der Waals surface area contributed by atoms with Crippen LogP contribution in [-0.4, -0.2) is 24.0 Å². The summed E-state index contributed by atoms with van der Waals surface area (Å²) >= 11 is 12.6. The molecule has 1 aromatic carbocycles. The van der Waals surface area contributed by atoms with E-state index in [0.29, 0.717) is 15.6 Å². The SMILES string of the molecule is CS(=O)(=O)c1nc(-c2ccc(Cl)cc2Cl)ns1. The third-order valence-corrected chi connectivity index (χ3v) is 4.81. The molecule has 0 N–H and O–H groups in total. The van der Waals surface area contributed by atoms with E-state index < -0.39 is 9.84 Å². The second kappa shape index (κ2) is 4.53. The molecule has 8 heteroatoms. The van der Waals surface area contributed by atoms with E-state index in [4.69, 9.17) is 23.2 Å². The molecule has 90 valence electrons. The van der Waals surface area contributed by atoms with E-state index in [1.54, 1.807) is 18.2 Å². The van der Waals surface area contributed by atoms with Crippen LogP contribution in [0, 0.1) is 0 Å². The molecule has 2 aromatic rings. The molecule has 0 fully saturated rings. The van der Waals surface area contributed by atoms with Gasteiger partial charge in [0.1, 0.15) is 0 Å². The van der Waals surface area contributed by atoms with Crippen molar-refractivity contribution >= 4 is 44.6 Å². The molecule has 0 radical (unpaired) electrons. The minimum atomic E-state index is -3.34. The highest BCUT2D eigenvalue weighted by atomic mass is 35.5. The first-order chi connectivity index (χ1) is 7.88. The van der Waals surface area contributed by atoms with Gasteiger partial charge in [0.25, 0.3) is 0 Å². The van der Waals surface area contributed by atoms with E-state index in [0.717, 1.165) is 17.8 Å². The van der Waals surface area contributed by atoms with Crippen molar-refractivity contribution in [2.45, 2.75) is 4.34 Å². The Balaban J connectivity index is 2.51. The molecular weight excluding hydrogens is 303 g/mol. The van der Waals surface area contributed by atoms with Gasteiger partial charge in [0, 0.05) is 16.8 Å². The van der Waals surface area contributed by atoms with E-state index >= 15 is 0 Å². The van der Waals surface area contributed by atoms with Crippen molar-refractivity contribution < 1.29 is 8.42 Å². The lowest BCUT2D eigenvalue weighted by Crippen LogP contribution is -1.95. The molecule has 0 atom stereocenters. The molecule has 17 heavy (non-hydrogen) atoms. The van der Waals surface area contributed by atoms with Gasteiger partial charge >= 0.3 is 0 Å². The van der Waals surface area contributed by atoms with Gasteiger partial charge in [0.05, 0.1) is 5.02 Å². The number of rotatable bonds is 2. The van der Waals surface area contributed by atoms with E-state index in [1.165, 1.54) is 0 Å². The van der Waals surface area contributed by atoms with Gasteiger partial charge in [-0.05, 0) is 29.7 Å². The van der Waals surface area contributed by atoms with E-state index in [9.17, 15) is 8.42 Å². The number of hydrogen-bond acceptors (Lipinski definition) is 5. The molecule has 0 unspecified atom stereocenters. The van der Waals surface area contributed by atoms with Crippen LogP contribution < -0.4 is 0 Å². The summed E-state index contributed by atoms with van der Waals surface area (Å²) in [5.41, 5.74) is 0.558. The zero-order valence-electron chi connectivity index (χ0n) is 8.52. The maximum atomic E-state index is 11.3. The second-order valence-electron chi connectivity index (χ2n) is 3.28. The van der Waals surface area contributed by atoms with Gasteiger partial charge in [0.15, 0.2) is 5.82 Å². The van der Waals surface area contributed by atoms with E-state index in [1.807, 2.05) is 0 Å². The van der Waals surface area contributed by atoms with Gasteiger partial charge in [-0.3, -0.25) is 0 Å². The molecule has 0 aliphatic rings. The highest BCUT2D eigenvalue weighted by molar-refractivity contribution is 7.92. The normalized spacial score (nSPS) is 11.7. The Morgan fingerprint density at radius 2 is 2.00 bits per heavy atom. The quantitative estimate of drug-likeness (QED) is 0.856. The lowest BCUT2D eigenvalue weighted by atomic mass is 10.2. The average molecular weight is 309 g/mol. The molecule has 0 spiro atoms. The van der Waals surface area contributed by atoms with Crippen LogP contribution in [0.4, 0.5) is 0 Å². The van der Waals surface area contributed by atoms with Crippen LogP contribution in [0.15, 0.2) is 22.5 Å². The Bertz CT molecular complexity index is 667. The number of nitrogens with zero attached hydrogens (tertiary/aromatic N) is 2. The van der Waals surface area contributed by atoms with Crippen molar-refractivity contribution in [1.29, 1.82) is 0 Å². The van der Waals surface area contributed by atoms with Crippen LogP contribution in [0.1, 0.15) is 0 Å². The zero-order chi connectivity index (χ0) is 12.6. The molecule has 2 rings (SSSR count). The zero-order valence-corrected chi connectivity index (χ0v) is 11.7. The fourth-order valence-electron chi connectivity index (χ4n) is 1.14. The van der Waals surface area contributed by atoms with Gasteiger partial charge in [0.2, 0.25) is 14.2 Å². The summed E-state index contributed by atoms with van der Waals surface area (Å²) in [5, 5.41) is 0.882. The summed E-state index contributed by atoms with van der Waals surface area (Å²) in [5.74, 6) is 0.289. The number of sulfone groups is 1. The highest BCUT2D eigenvalue weighted by Gasteiger charge is 2.16. The first kappa shape index (κ1) is 12.8. The number of halogens is 2. The highest BCUT2D eigenvalue weighted by Crippen LogP contribution is 2.29. The van der Waals surface area contributed by atoms with E-state index in [2.05, 4.69) is 9.36 Å². The summed E-state index contributed by atoms with van der Waals surface area (Å²) < 4.78 is 26.5. The lowest BCUT2D eigenvalue weighted by molar-refractivity contribution is 0.601. The summed E-state index contributed by atoms with van der Waals surface area (Å²) in [6, 6.07) is 4.85. The van der Waals surface area contributed by atoms with Crippen molar-refractivity contribution in [3.8, 4) is 11.4 Å². The monoisotopic (exact) mass is 308 g/mol. The molecule has 0 saturated heterocycles. The van der Waals surface area contributed by atoms with Crippen molar-refractivity contribution in [3.05, 3.63) is 28.2 Å². The molecule has 0 amide bonds. The third-order valence-electron chi connectivity index (χ3n) is 1.90.